The first-order chi connectivity index (χ1) is 12.5. The van der Waals surface area contributed by atoms with Crippen LogP contribution in [0.4, 0.5) is 0 Å². The van der Waals surface area contributed by atoms with Crippen molar-refractivity contribution >= 4 is 55.6 Å². The predicted molar refractivity (Wildman–Crippen MR) is 116 cm³/mol. The molecular weight excluding hydrogens is 509 g/mol. The van der Waals surface area contributed by atoms with E-state index < -0.39 is 0 Å². The van der Waals surface area contributed by atoms with Gasteiger partial charge in [-0.25, -0.2) is 4.98 Å². The molecule has 0 N–H and O–H groups in total. The van der Waals surface area contributed by atoms with Crippen molar-refractivity contribution in [3.8, 4) is 5.75 Å². The number of rotatable bonds is 5. The summed E-state index contributed by atoms with van der Waals surface area (Å²) in [6.45, 7) is 5.85. The zero-order chi connectivity index (χ0) is 18.7. The van der Waals surface area contributed by atoms with Crippen molar-refractivity contribution < 1.29 is 4.74 Å². The number of fused-ring (bicyclic) bond motifs is 1. The molecule has 0 aliphatic heterocycles. The van der Waals surface area contributed by atoms with E-state index in [1.165, 1.54) is 4.68 Å². The Morgan fingerprint density at radius 1 is 1.35 bits per heavy atom. The molecule has 132 valence electrons. The van der Waals surface area contributed by atoms with Crippen LogP contribution in [0.5, 0.6) is 5.75 Å². The van der Waals surface area contributed by atoms with Gasteiger partial charge >= 0.3 is 0 Å². The number of aromatic nitrogens is 2. The predicted octanol–water partition coefficient (Wildman–Crippen LogP) is 4.52. The minimum absolute atomic E-state index is 0.203. The van der Waals surface area contributed by atoms with Gasteiger partial charge in [-0.15, -0.1) is 0 Å². The molecule has 26 heavy (non-hydrogen) atoms. The minimum Gasteiger partial charge on any atom is -0.488 e. The van der Waals surface area contributed by atoms with Crippen LogP contribution in [0.3, 0.4) is 0 Å². The van der Waals surface area contributed by atoms with Crippen molar-refractivity contribution in [1.29, 1.82) is 0 Å². The maximum absolute atomic E-state index is 12.7. The number of nitrogens with zero attached hydrogens (tertiary/aromatic N) is 3. The third-order valence-corrected chi connectivity index (χ3v) is 4.94. The highest BCUT2D eigenvalue weighted by Crippen LogP contribution is 2.21. The van der Waals surface area contributed by atoms with Gasteiger partial charge in [0.2, 0.25) is 0 Å². The fourth-order valence-corrected chi connectivity index (χ4v) is 3.44. The van der Waals surface area contributed by atoms with Crippen molar-refractivity contribution in [2.75, 3.05) is 6.61 Å². The smallest absolute Gasteiger partial charge is 0.282 e. The van der Waals surface area contributed by atoms with Crippen LogP contribution in [-0.4, -0.2) is 22.5 Å². The molecular formula is C19H15BrIN3O2. The van der Waals surface area contributed by atoms with E-state index >= 15 is 0 Å². The van der Waals surface area contributed by atoms with Gasteiger partial charge in [-0.3, -0.25) is 4.79 Å². The number of benzene rings is 2. The summed E-state index contributed by atoms with van der Waals surface area (Å²) in [5, 5.41) is 4.85. The van der Waals surface area contributed by atoms with Gasteiger partial charge < -0.3 is 4.74 Å². The lowest BCUT2D eigenvalue weighted by molar-refractivity contribution is 0.360. The lowest BCUT2D eigenvalue weighted by atomic mass is 10.2. The molecule has 0 spiro atoms. The summed E-state index contributed by atoms with van der Waals surface area (Å²) in [5.74, 6) is 1.31. The molecule has 0 bridgehead atoms. The highest BCUT2D eigenvalue weighted by atomic mass is 127. The number of hydrogen-bond donors (Lipinski definition) is 0. The molecule has 3 rings (SSSR count). The van der Waals surface area contributed by atoms with E-state index in [0.29, 0.717) is 23.3 Å². The van der Waals surface area contributed by atoms with E-state index in [1.54, 1.807) is 25.3 Å². The van der Waals surface area contributed by atoms with Gasteiger partial charge in [0, 0.05) is 4.47 Å². The van der Waals surface area contributed by atoms with Gasteiger partial charge in [0.25, 0.3) is 5.56 Å². The number of ether oxygens (including phenoxy) is 1. The first-order valence-corrected chi connectivity index (χ1v) is 9.63. The van der Waals surface area contributed by atoms with E-state index in [4.69, 9.17) is 4.74 Å². The van der Waals surface area contributed by atoms with Crippen molar-refractivity contribution in [2.45, 2.75) is 6.92 Å². The zero-order valence-electron chi connectivity index (χ0n) is 13.9. The van der Waals surface area contributed by atoms with Crippen LogP contribution < -0.4 is 10.3 Å². The van der Waals surface area contributed by atoms with Gasteiger partial charge in [-0.2, -0.15) is 9.78 Å². The summed E-state index contributed by atoms with van der Waals surface area (Å²) in [7, 11) is 0. The van der Waals surface area contributed by atoms with Gasteiger partial charge in [0.1, 0.15) is 18.2 Å². The summed E-state index contributed by atoms with van der Waals surface area (Å²) < 4.78 is 8.65. The van der Waals surface area contributed by atoms with E-state index in [2.05, 4.69) is 55.2 Å². The fourth-order valence-electron chi connectivity index (χ4n) is 2.38. The molecule has 3 aromatic rings. The first-order valence-electron chi connectivity index (χ1n) is 7.76. The van der Waals surface area contributed by atoms with Gasteiger partial charge in [-0.05, 0) is 71.5 Å². The Balaban J connectivity index is 1.97. The molecule has 1 heterocycles. The molecule has 0 atom stereocenters. The molecule has 0 unspecified atom stereocenters. The van der Waals surface area contributed by atoms with Crippen molar-refractivity contribution in [3.05, 3.63) is 78.8 Å². The van der Waals surface area contributed by atoms with Crippen LogP contribution in [0, 0.1) is 10.5 Å². The average molecular weight is 524 g/mol. The maximum atomic E-state index is 12.7. The average Bonchev–Trinajstić information content (AvgIpc) is 2.61. The number of aryl methyl sites for hydroxylation is 1. The molecule has 0 saturated carbocycles. The van der Waals surface area contributed by atoms with Crippen molar-refractivity contribution in [2.24, 2.45) is 5.10 Å². The standard InChI is InChI=1S/C19H15BrIN3O2/c1-3-8-26-18-7-4-13(9-16(18)21)11-22-24-12(2)23-17-6-5-14(20)10-15(17)19(24)25/h3-7,9-11H,1,8H2,2H3. The molecule has 2 aromatic carbocycles. The molecule has 0 fully saturated rings. The summed E-state index contributed by atoms with van der Waals surface area (Å²) >= 11 is 5.59. The molecule has 0 radical (unpaired) electrons. The second kappa shape index (κ2) is 8.13. The largest absolute Gasteiger partial charge is 0.488 e. The Morgan fingerprint density at radius 2 is 2.15 bits per heavy atom. The molecule has 0 saturated heterocycles. The third-order valence-electron chi connectivity index (χ3n) is 3.61. The Bertz CT molecular complexity index is 1080. The van der Waals surface area contributed by atoms with Crippen LogP contribution in [0.2, 0.25) is 0 Å². The zero-order valence-corrected chi connectivity index (χ0v) is 17.7. The van der Waals surface area contributed by atoms with Gasteiger partial charge in [0.05, 0.1) is 20.7 Å². The van der Waals surface area contributed by atoms with Crippen LogP contribution in [-0.2, 0) is 0 Å². The molecule has 5 nitrogen and oxygen atoms in total. The van der Waals surface area contributed by atoms with E-state index in [0.717, 1.165) is 19.4 Å². The second-order valence-corrected chi connectivity index (χ2v) is 7.55. The molecule has 1 aromatic heterocycles. The Hall–Kier alpha value is -2.00. The Morgan fingerprint density at radius 3 is 2.88 bits per heavy atom. The second-order valence-electron chi connectivity index (χ2n) is 5.47. The Kier molecular flexibility index (Phi) is 5.87. The molecule has 0 amide bonds. The maximum Gasteiger partial charge on any atom is 0.282 e. The number of halogens is 2. The van der Waals surface area contributed by atoms with Gasteiger partial charge in [-0.1, -0.05) is 28.6 Å². The van der Waals surface area contributed by atoms with Crippen LogP contribution in [0.25, 0.3) is 10.9 Å². The van der Waals surface area contributed by atoms with Crippen LogP contribution >= 0.6 is 38.5 Å². The first kappa shape index (κ1) is 18.8. The Labute approximate surface area is 172 Å². The van der Waals surface area contributed by atoms with E-state index in [-0.39, 0.29) is 5.56 Å². The van der Waals surface area contributed by atoms with Crippen LogP contribution in [0.15, 0.2) is 63.4 Å². The normalized spacial score (nSPS) is 11.2. The lowest BCUT2D eigenvalue weighted by Crippen LogP contribution is -2.20. The van der Waals surface area contributed by atoms with E-state index in [1.807, 2.05) is 30.3 Å². The number of hydrogen-bond acceptors (Lipinski definition) is 4. The quantitative estimate of drug-likeness (QED) is 0.281. The van der Waals surface area contributed by atoms with Crippen molar-refractivity contribution in [1.82, 2.24) is 9.66 Å². The molecule has 0 aliphatic carbocycles. The summed E-state index contributed by atoms with van der Waals surface area (Å²) in [6, 6.07) is 11.1. The lowest BCUT2D eigenvalue weighted by Gasteiger charge is -2.07. The fraction of sp³-hybridized carbons (Fsp3) is 0.105. The minimum atomic E-state index is -0.203. The monoisotopic (exact) mass is 523 g/mol. The molecule has 0 aliphatic rings. The SMILES string of the molecule is C=CCOc1ccc(C=Nn2c(C)nc3ccc(Br)cc3c2=O)cc1I. The van der Waals surface area contributed by atoms with Gasteiger partial charge in [0.15, 0.2) is 0 Å². The van der Waals surface area contributed by atoms with Crippen LogP contribution in [0.1, 0.15) is 11.4 Å². The van der Waals surface area contributed by atoms with E-state index in [9.17, 15) is 4.79 Å². The highest BCUT2D eigenvalue weighted by molar-refractivity contribution is 14.1. The third kappa shape index (κ3) is 4.04. The van der Waals surface area contributed by atoms with Crippen molar-refractivity contribution in [3.63, 3.8) is 0 Å². The highest BCUT2D eigenvalue weighted by Gasteiger charge is 2.08. The summed E-state index contributed by atoms with van der Waals surface area (Å²) in [5.41, 5.74) is 1.31. The molecule has 7 heteroatoms. The summed E-state index contributed by atoms with van der Waals surface area (Å²) in [6.07, 6.45) is 3.34. The topological polar surface area (TPSA) is 56.5 Å². The summed E-state index contributed by atoms with van der Waals surface area (Å²) in [4.78, 5) is 17.2.